The molecule has 0 aromatic carbocycles. The Morgan fingerprint density at radius 2 is 2.23 bits per heavy atom. The minimum atomic E-state index is -4.67. The number of carbonyl (C=O) groups is 1. The molecule has 22 heavy (non-hydrogen) atoms. The van der Waals surface area contributed by atoms with Crippen LogP contribution in [0.15, 0.2) is 28.1 Å². The molecule has 0 aliphatic rings. The number of hydrogen-bond acceptors (Lipinski definition) is 6. The van der Waals surface area contributed by atoms with Gasteiger partial charge in [0.25, 0.3) is 5.91 Å². The van der Waals surface area contributed by atoms with Crippen LogP contribution in [0.1, 0.15) is 16.3 Å². The van der Waals surface area contributed by atoms with Crippen LogP contribution in [0.5, 0.6) is 0 Å². The summed E-state index contributed by atoms with van der Waals surface area (Å²) in [5.74, 6) is -2.20. The van der Waals surface area contributed by atoms with Gasteiger partial charge in [-0.1, -0.05) is 11.2 Å². The third kappa shape index (κ3) is 2.83. The number of halogens is 3. The Kier molecular flexibility index (Phi) is 3.41. The predicted molar refractivity (Wildman–Crippen MR) is 69.2 cm³/mol. The van der Waals surface area contributed by atoms with Gasteiger partial charge in [0.15, 0.2) is 11.5 Å². The standard InChI is InChI=1S/C11H6F3N5O2S/c12-11(13,14)9-16-10(18-17-9)15-8(20)5-4-6(21-19-5)7-2-1-3-22-7/h1-4H,(H2,15,16,17,18,20). The maximum absolute atomic E-state index is 12.3. The summed E-state index contributed by atoms with van der Waals surface area (Å²) in [4.78, 5) is 15.7. The second kappa shape index (κ2) is 5.26. The molecule has 0 saturated heterocycles. The smallest absolute Gasteiger partial charge is 0.355 e. The van der Waals surface area contributed by atoms with E-state index in [0.29, 0.717) is 5.76 Å². The molecule has 7 nitrogen and oxygen atoms in total. The van der Waals surface area contributed by atoms with Gasteiger partial charge in [-0.05, 0) is 11.4 Å². The molecule has 3 aromatic heterocycles. The lowest BCUT2D eigenvalue weighted by Gasteiger charge is -1.98. The van der Waals surface area contributed by atoms with Gasteiger partial charge in [-0.3, -0.25) is 15.2 Å². The van der Waals surface area contributed by atoms with Crippen LogP contribution in [-0.2, 0) is 6.18 Å². The van der Waals surface area contributed by atoms with Gasteiger partial charge >= 0.3 is 6.18 Å². The van der Waals surface area contributed by atoms with Crippen LogP contribution in [0.3, 0.4) is 0 Å². The van der Waals surface area contributed by atoms with Gasteiger partial charge < -0.3 is 4.52 Å². The van der Waals surface area contributed by atoms with E-state index in [1.165, 1.54) is 17.4 Å². The van der Waals surface area contributed by atoms with E-state index in [2.05, 4.69) is 20.6 Å². The fourth-order valence-corrected chi connectivity index (χ4v) is 2.20. The van der Waals surface area contributed by atoms with Gasteiger partial charge in [-0.25, -0.2) is 0 Å². The Morgan fingerprint density at radius 1 is 1.41 bits per heavy atom. The maximum Gasteiger partial charge on any atom is 0.451 e. The van der Waals surface area contributed by atoms with Gasteiger partial charge in [0.2, 0.25) is 11.8 Å². The van der Waals surface area contributed by atoms with Gasteiger partial charge in [-0.15, -0.1) is 16.4 Å². The SMILES string of the molecule is O=C(Nc1n[nH]c(C(F)(F)F)n1)c1cc(-c2cccs2)on1. The molecular formula is C11H6F3N5O2S. The second-order valence-electron chi connectivity index (χ2n) is 4.01. The number of anilines is 1. The molecule has 0 bridgehead atoms. The highest BCUT2D eigenvalue weighted by Crippen LogP contribution is 2.27. The Labute approximate surface area is 124 Å². The molecule has 0 saturated carbocycles. The summed E-state index contributed by atoms with van der Waals surface area (Å²) in [6.07, 6.45) is -4.67. The molecule has 3 rings (SSSR count). The molecule has 0 spiro atoms. The molecule has 0 fully saturated rings. The fraction of sp³-hybridized carbons (Fsp3) is 0.0909. The number of thiophene rings is 1. The molecule has 2 N–H and O–H groups in total. The zero-order chi connectivity index (χ0) is 15.7. The second-order valence-corrected chi connectivity index (χ2v) is 4.96. The van der Waals surface area contributed by atoms with E-state index in [0.717, 1.165) is 4.88 Å². The highest BCUT2D eigenvalue weighted by atomic mass is 32.1. The number of amides is 1. The Bertz CT molecular complexity index is 793. The van der Waals surface area contributed by atoms with Crippen molar-refractivity contribution in [1.82, 2.24) is 20.3 Å². The van der Waals surface area contributed by atoms with Crippen LogP contribution in [0.4, 0.5) is 19.1 Å². The summed E-state index contributed by atoms with van der Waals surface area (Å²) in [6.45, 7) is 0. The summed E-state index contributed by atoms with van der Waals surface area (Å²) in [7, 11) is 0. The topological polar surface area (TPSA) is 96.7 Å². The molecule has 3 heterocycles. The third-order valence-corrected chi connectivity index (χ3v) is 3.37. The number of H-pyrrole nitrogens is 1. The number of hydrogen-bond donors (Lipinski definition) is 2. The fourth-order valence-electron chi connectivity index (χ4n) is 1.53. The van der Waals surface area contributed by atoms with E-state index < -0.39 is 23.9 Å². The minimum Gasteiger partial charge on any atom is -0.355 e. The molecule has 0 unspecified atom stereocenters. The van der Waals surface area contributed by atoms with Crippen LogP contribution >= 0.6 is 11.3 Å². The molecule has 114 valence electrons. The lowest BCUT2D eigenvalue weighted by Crippen LogP contribution is -2.13. The Balaban J connectivity index is 1.74. The monoisotopic (exact) mass is 329 g/mol. The Hall–Kier alpha value is -2.69. The van der Waals surface area contributed by atoms with Crippen molar-refractivity contribution in [2.45, 2.75) is 6.18 Å². The van der Waals surface area contributed by atoms with Crippen molar-refractivity contribution in [3.05, 3.63) is 35.1 Å². The first-order valence-electron chi connectivity index (χ1n) is 5.75. The zero-order valence-electron chi connectivity index (χ0n) is 10.5. The highest BCUT2D eigenvalue weighted by Gasteiger charge is 2.35. The quantitative estimate of drug-likeness (QED) is 0.770. The number of aromatic amines is 1. The van der Waals surface area contributed by atoms with Gasteiger partial charge in [0.1, 0.15) is 0 Å². The molecule has 0 atom stereocenters. The van der Waals surface area contributed by atoms with E-state index in [9.17, 15) is 18.0 Å². The van der Waals surface area contributed by atoms with Gasteiger partial charge in [0.05, 0.1) is 4.88 Å². The average molecular weight is 329 g/mol. The number of nitrogens with one attached hydrogen (secondary N) is 2. The zero-order valence-corrected chi connectivity index (χ0v) is 11.3. The van der Waals surface area contributed by atoms with E-state index in [1.807, 2.05) is 5.38 Å². The molecule has 0 radical (unpaired) electrons. The number of aromatic nitrogens is 4. The summed E-state index contributed by atoms with van der Waals surface area (Å²) >= 11 is 1.39. The third-order valence-electron chi connectivity index (χ3n) is 2.49. The highest BCUT2D eigenvalue weighted by molar-refractivity contribution is 7.13. The predicted octanol–water partition coefficient (Wildman–Crippen LogP) is 2.79. The molecule has 11 heteroatoms. The lowest BCUT2D eigenvalue weighted by molar-refractivity contribution is -0.144. The number of carbonyl (C=O) groups excluding carboxylic acids is 1. The molecule has 0 aliphatic heterocycles. The summed E-state index contributed by atoms with van der Waals surface area (Å²) < 4.78 is 42.0. The van der Waals surface area contributed by atoms with Crippen molar-refractivity contribution >= 4 is 23.2 Å². The van der Waals surface area contributed by atoms with Crippen molar-refractivity contribution in [2.24, 2.45) is 0 Å². The van der Waals surface area contributed by atoms with Crippen LogP contribution in [0.25, 0.3) is 10.6 Å². The summed E-state index contributed by atoms with van der Waals surface area (Å²) in [5, 5.41) is 12.4. The van der Waals surface area contributed by atoms with E-state index >= 15 is 0 Å². The van der Waals surface area contributed by atoms with E-state index in [-0.39, 0.29) is 5.69 Å². The number of nitrogens with zero attached hydrogens (tertiary/aromatic N) is 3. The van der Waals surface area contributed by atoms with Crippen LogP contribution in [0.2, 0.25) is 0 Å². The number of alkyl halides is 3. The average Bonchev–Trinajstić information content (AvgIpc) is 3.18. The van der Waals surface area contributed by atoms with Crippen molar-refractivity contribution in [3.8, 4) is 10.6 Å². The van der Waals surface area contributed by atoms with Crippen LogP contribution in [0, 0.1) is 0 Å². The first kappa shape index (κ1) is 14.3. The maximum atomic E-state index is 12.3. The van der Waals surface area contributed by atoms with Crippen molar-refractivity contribution in [2.75, 3.05) is 5.32 Å². The molecule has 0 aliphatic carbocycles. The largest absolute Gasteiger partial charge is 0.451 e. The minimum absolute atomic E-state index is 0.0956. The van der Waals surface area contributed by atoms with E-state index in [4.69, 9.17) is 4.52 Å². The molecule has 1 amide bonds. The lowest BCUT2D eigenvalue weighted by atomic mass is 10.3. The van der Waals surface area contributed by atoms with Gasteiger partial charge in [0, 0.05) is 6.07 Å². The van der Waals surface area contributed by atoms with Crippen LogP contribution in [-0.4, -0.2) is 26.2 Å². The van der Waals surface area contributed by atoms with Crippen molar-refractivity contribution in [1.29, 1.82) is 0 Å². The van der Waals surface area contributed by atoms with E-state index in [1.54, 1.807) is 17.2 Å². The van der Waals surface area contributed by atoms with Crippen molar-refractivity contribution < 1.29 is 22.5 Å². The molecule has 3 aromatic rings. The van der Waals surface area contributed by atoms with Crippen LogP contribution < -0.4 is 5.32 Å². The van der Waals surface area contributed by atoms with Crippen molar-refractivity contribution in [3.63, 3.8) is 0 Å². The summed E-state index contributed by atoms with van der Waals surface area (Å²) in [5.41, 5.74) is -0.0956. The van der Waals surface area contributed by atoms with Gasteiger partial charge in [-0.2, -0.15) is 18.2 Å². The summed E-state index contributed by atoms with van der Waals surface area (Å²) in [6, 6.07) is 4.95. The number of rotatable bonds is 3. The first-order chi connectivity index (χ1) is 10.4. The molecular weight excluding hydrogens is 323 g/mol. The normalized spacial score (nSPS) is 11.6. The Morgan fingerprint density at radius 3 is 2.86 bits per heavy atom. The first-order valence-corrected chi connectivity index (χ1v) is 6.63.